The molecule has 2 heterocycles. The molecule has 1 aromatic heterocycles. The van der Waals surface area contributed by atoms with Crippen LogP contribution in [0.15, 0.2) is 18.3 Å². The van der Waals surface area contributed by atoms with Crippen molar-refractivity contribution in [2.45, 2.75) is 19.0 Å². The number of hydrogen-bond donors (Lipinski definition) is 2. The number of halogens is 3. The molecule has 1 aliphatic rings. The van der Waals surface area contributed by atoms with E-state index in [0.29, 0.717) is 12.2 Å². The Morgan fingerprint density at radius 3 is 2.86 bits per heavy atom. The Morgan fingerprint density at radius 2 is 2.29 bits per heavy atom. The van der Waals surface area contributed by atoms with Crippen LogP contribution in [0.2, 0.25) is 0 Å². The van der Waals surface area contributed by atoms with Crippen molar-refractivity contribution in [3.05, 3.63) is 18.3 Å². The van der Waals surface area contributed by atoms with E-state index in [-0.39, 0.29) is 17.7 Å². The van der Waals surface area contributed by atoms with Gasteiger partial charge in [-0.2, -0.15) is 13.2 Å². The first-order chi connectivity index (χ1) is 9.94. The lowest BCUT2D eigenvalue weighted by Crippen LogP contribution is -2.37. The minimum atomic E-state index is -4.40. The number of carbonyl (C=O) groups excluding carboxylic acids is 1. The molecule has 0 aromatic carbocycles. The van der Waals surface area contributed by atoms with E-state index in [4.69, 9.17) is 0 Å². The van der Waals surface area contributed by atoms with E-state index in [0.717, 1.165) is 19.4 Å². The quantitative estimate of drug-likeness (QED) is 0.892. The van der Waals surface area contributed by atoms with E-state index in [1.807, 2.05) is 0 Å². The highest BCUT2D eigenvalue weighted by Crippen LogP contribution is 2.19. The van der Waals surface area contributed by atoms with Crippen molar-refractivity contribution >= 4 is 11.6 Å². The number of pyridine rings is 1. The SMILES string of the molecule is O=C(Nc1ccc(OCC(F)(F)F)nc1)C1CCCNC1. The molecule has 2 N–H and O–H groups in total. The van der Waals surface area contributed by atoms with Gasteiger partial charge in [0.2, 0.25) is 11.8 Å². The van der Waals surface area contributed by atoms with Crippen molar-refractivity contribution in [2.75, 3.05) is 25.0 Å². The summed E-state index contributed by atoms with van der Waals surface area (Å²) in [5.41, 5.74) is 0.435. The lowest BCUT2D eigenvalue weighted by Gasteiger charge is -2.21. The number of nitrogens with one attached hydrogen (secondary N) is 2. The van der Waals surface area contributed by atoms with Crippen LogP contribution in [0.1, 0.15) is 12.8 Å². The van der Waals surface area contributed by atoms with Gasteiger partial charge in [0.15, 0.2) is 6.61 Å². The van der Waals surface area contributed by atoms with E-state index in [2.05, 4.69) is 20.4 Å². The largest absolute Gasteiger partial charge is 0.468 e. The number of anilines is 1. The summed E-state index contributed by atoms with van der Waals surface area (Å²) in [5, 5.41) is 5.83. The predicted octanol–water partition coefficient (Wildman–Crippen LogP) is 1.96. The smallest absolute Gasteiger partial charge is 0.422 e. The highest BCUT2D eigenvalue weighted by atomic mass is 19.4. The number of ether oxygens (including phenoxy) is 1. The van der Waals surface area contributed by atoms with Crippen LogP contribution in [0.3, 0.4) is 0 Å². The van der Waals surface area contributed by atoms with Gasteiger partial charge < -0.3 is 15.4 Å². The fourth-order valence-electron chi connectivity index (χ4n) is 2.02. The first kappa shape index (κ1) is 15.6. The number of aromatic nitrogens is 1. The third kappa shape index (κ3) is 5.22. The fraction of sp³-hybridized carbons (Fsp3) is 0.538. The van der Waals surface area contributed by atoms with Crippen LogP contribution in [0.4, 0.5) is 18.9 Å². The van der Waals surface area contributed by atoms with Crippen molar-refractivity contribution in [1.29, 1.82) is 0 Å². The zero-order valence-corrected chi connectivity index (χ0v) is 11.2. The molecule has 1 fully saturated rings. The fourth-order valence-corrected chi connectivity index (χ4v) is 2.02. The molecule has 0 saturated carbocycles. The maximum absolute atomic E-state index is 12.0. The zero-order chi connectivity index (χ0) is 15.3. The minimum absolute atomic E-state index is 0.0973. The third-order valence-electron chi connectivity index (χ3n) is 3.06. The zero-order valence-electron chi connectivity index (χ0n) is 11.2. The highest BCUT2D eigenvalue weighted by molar-refractivity contribution is 5.92. The second kappa shape index (κ2) is 6.75. The van der Waals surface area contributed by atoms with Crippen molar-refractivity contribution in [1.82, 2.24) is 10.3 Å². The molecular weight excluding hydrogens is 287 g/mol. The summed E-state index contributed by atoms with van der Waals surface area (Å²) in [6.45, 7) is 0.155. The van der Waals surface area contributed by atoms with Crippen LogP contribution in [0.5, 0.6) is 5.88 Å². The number of hydrogen-bond acceptors (Lipinski definition) is 4. The summed E-state index contributed by atoms with van der Waals surface area (Å²) in [4.78, 5) is 15.7. The molecule has 1 saturated heterocycles. The van der Waals surface area contributed by atoms with E-state index in [1.54, 1.807) is 0 Å². The third-order valence-corrected chi connectivity index (χ3v) is 3.06. The van der Waals surface area contributed by atoms with Gasteiger partial charge in [0, 0.05) is 12.6 Å². The molecule has 1 amide bonds. The monoisotopic (exact) mass is 303 g/mol. The topological polar surface area (TPSA) is 63.2 Å². The van der Waals surface area contributed by atoms with Crippen LogP contribution in [-0.2, 0) is 4.79 Å². The van der Waals surface area contributed by atoms with E-state index in [1.165, 1.54) is 18.3 Å². The molecule has 0 radical (unpaired) electrons. The summed E-state index contributed by atoms with van der Waals surface area (Å²) in [6, 6.07) is 2.76. The average Bonchev–Trinajstić information content (AvgIpc) is 2.46. The van der Waals surface area contributed by atoms with Gasteiger partial charge in [-0.25, -0.2) is 4.98 Å². The second-order valence-corrected chi connectivity index (χ2v) is 4.82. The van der Waals surface area contributed by atoms with Gasteiger partial charge >= 0.3 is 6.18 Å². The highest BCUT2D eigenvalue weighted by Gasteiger charge is 2.28. The van der Waals surface area contributed by atoms with Crippen molar-refractivity contribution in [2.24, 2.45) is 5.92 Å². The van der Waals surface area contributed by atoms with Crippen LogP contribution in [0.25, 0.3) is 0 Å². The number of alkyl halides is 3. The molecule has 1 atom stereocenters. The van der Waals surface area contributed by atoms with Gasteiger partial charge in [0.1, 0.15) is 0 Å². The lowest BCUT2D eigenvalue weighted by molar-refractivity contribution is -0.154. The summed E-state index contributed by atoms with van der Waals surface area (Å²) in [6.07, 6.45) is -1.36. The summed E-state index contributed by atoms with van der Waals surface area (Å²) < 4.78 is 40.4. The maximum Gasteiger partial charge on any atom is 0.422 e. The van der Waals surface area contributed by atoms with Crippen LogP contribution in [-0.4, -0.2) is 36.8 Å². The van der Waals surface area contributed by atoms with E-state index in [9.17, 15) is 18.0 Å². The van der Waals surface area contributed by atoms with Crippen molar-refractivity contribution in [3.63, 3.8) is 0 Å². The molecule has 21 heavy (non-hydrogen) atoms. The summed E-state index contributed by atoms with van der Waals surface area (Å²) in [7, 11) is 0. The normalized spacial score (nSPS) is 19.1. The van der Waals surface area contributed by atoms with Gasteiger partial charge in [0.05, 0.1) is 17.8 Å². The molecular formula is C13H16F3N3O2. The van der Waals surface area contributed by atoms with Gasteiger partial charge in [0.25, 0.3) is 0 Å². The minimum Gasteiger partial charge on any atom is -0.468 e. The Balaban J connectivity index is 1.85. The number of rotatable bonds is 4. The number of carbonyl (C=O) groups is 1. The van der Waals surface area contributed by atoms with E-state index >= 15 is 0 Å². The summed E-state index contributed by atoms with van der Waals surface area (Å²) >= 11 is 0. The molecule has 5 nitrogen and oxygen atoms in total. The first-order valence-electron chi connectivity index (χ1n) is 6.61. The first-order valence-corrected chi connectivity index (χ1v) is 6.61. The van der Waals surface area contributed by atoms with Crippen LogP contribution >= 0.6 is 0 Å². The molecule has 0 spiro atoms. The van der Waals surface area contributed by atoms with Gasteiger partial charge in [-0.1, -0.05) is 0 Å². The Kier molecular flexibility index (Phi) is 5.00. The number of amides is 1. The molecule has 2 rings (SSSR count). The Bertz CT molecular complexity index is 471. The van der Waals surface area contributed by atoms with E-state index < -0.39 is 12.8 Å². The Morgan fingerprint density at radius 1 is 1.48 bits per heavy atom. The number of nitrogens with zero attached hydrogens (tertiary/aromatic N) is 1. The number of piperidine rings is 1. The second-order valence-electron chi connectivity index (χ2n) is 4.82. The van der Waals surface area contributed by atoms with Gasteiger partial charge in [-0.15, -0.1) is 0 Å². The predicted molar refractivity (Wildman–Crippen MR) is 70.0 cm³/mol. The van der Waals surface area contributed by atoms with Gasteiger partial charge in [-0.05, 0) is 25.5 Å². The van der Waals surface area contributed by atoms with Gasteiger partial charge in [-0.3, -0.25) is 4.79 Å². The molecule has 0 aliphatic carbocycles. The molecule has 1 unspecified atom stereocenters. The standard InChI is InChI=1S/C13H16F3N3O2/c14-13(15,16)8-21-11-4-3-10(7-18-11)19-12(20)9-2-1-5-17-6-9/h3-4,7,9,17H,1-2,5-6,8H2,(H,19,20). The van der Waals surface area contributed by atoms with Crippen molar-refractivity contribution < 1.29 is 22.7 Å². The molecule has 116 valence electrons. The molecule has 8 heteroatoms. The molecule has 1 aromatic rings. The van der Waals surface area contributed by atoms with Crippen LogP contribution < -0.4 is 15.4 Å². The lowest BCUT2D eigenvalue weighted by atomic mass is 9.99. The molecule has 0 bridgehead atoms. The Hall–Kier alpha value is -1.83. The average molecular weight is 303 g/mol. The van der Waals surface area contributed by atoms with Crippen molar-refractivity contribution in [3.8, 4) is 5.88 Å². The maximum atomic E-state index is 12.0. The molecule has 1 aliphatic heterocycles. The Labute approximate surface area is 119 Å². The van der Waals surface area contributed by atoms with Crippen LogP contribution in [0, 0.1) is 5.92 Å². The summed E-state index contributed by atoms with van der Waals surface area (Å²) in [5.74, 6) is -0.350.